The van der Waals surface area contributed by atoms with Gasteiger partial charge in [0.2, 0.25) is 0 Å². The Balaban J connectivity index is 1.75. The highest BCUT2D eigenvalue weighted by atomic mass is 16.4. The largest absolute Gasteiger partial charge is 0.481 e. The average Bonchev–Trinajstić information content (AvgIpc) is 2.90. The molecule has 5 nitrogen and oxygen atoms in total. The molecule has 2 aliphatic heterocycles. The lowest BCUT2D eigenvalue weighted by Crippen LogP contribution is -2.37. The average molecular weight is 291 g/mol. The molecule has 0 saturated carbocycles. The third kappa shape index (κ3) is 2.84. The second kappa shape index (κ2) is 5.79. The van der Waals surface area contributed by atoms with E-state index in [9.17, 15) is 9.90 Å². The van der Waals surface area contributed by atoms with E-state index in [0.717, 1.165) is 56.8 Å². The molecule has 0 aliphatic carbocycles. The van der Waals surface area contributed by atoms with E-state index in [2.05, 4.69) is 29.5 Å². The maximum absolute atomic E-state index is 11.4. The zero-order chi connectivity index (χ0) is 15.0. The Bertz CT molecular complexity index is 516. The molecular weight excluding hydrogens is 266 g/mol. The van der Waals surface area contributed by atoms with Crippen molar-refractivity contribution in [3.8, 4) is 0 Å². The van der Waals surface area contributed by atoms with Crippen molar-refractivity contribution < 1.29 is 9.90 Å². The number of aliphatic carboxylic acids is 1. The number of hydrogen-bond acceptors (Lipinski definition) is 3. The van der Waals surface area contributed by atoms with Crippen LogP contribution in [0.2, 0.25) is 0 Å². The Morgan fingerprint density at radius 3 is 2.62 bits per heavy atom. The van der Waals surface area contributed by atoms with Gasteiger partial charge in [-0.2, -0.15) is 0 Å². The minimum atomic E-state index is -0.734. The Kier molecular flexibility index (Phi) is 4.02. The second-order valence-corrected chi connectivity index (χ2v) is 6.65. The normalized spacial score (nSPS) is 24.2. The van der Waals surface area contributed by atoms with E-state index >= 15 is 0 Å². The molecule has 0 spiro atoms. The van der Waals surface area contributed by atoms with Crippen LogP contribution < -0.4 is 0 Å². The number of aromatic nitrogens is 2. The van der Waals surface area contributed by atoms with Gasteiger partial charge in [-0.15, -0.1) is 0 Å². The molecule has 1 aromatic rings. The first-order chi connectivity index (χ1) is 10.1. The van der Waals surface area contributed by atoms with E-state index < -0.39 is 11.9 Å². The van der Waals surface area contributed by atoms with Crippen LogP contribution in [0.4, 0.5) is 0 Å². The van der Waals surface area contributed by atoms with Gasteiger partial charge in [-0.3, -0.25) is 4.79 Å². The second-order valence-electron chi connectivity index (χ2n) is 6.65. The number of imidazole rings is 1. The summed E-state index contributed by atoms with van der Waals surface area (Å²) in [7, 11) is 0. The molecule has 116 valence electrons. The van der Waals surface area contributed by atoms with Crippen molar-refractivity contribution in [1.82, 2.24) is 14.5 Å². The van der Waals surface area contributed by atoms with E-state index in [-0.39, 0.29) is 0 Å². The SMILES string of the molecule is CC(C)N1CCC(c2cn3c(n2)C(C(=O)O)CCC3)CC1. The van der Waals surface area contributed by atoms with Gasteiger partial charge in [0.1, 0.15) is 11.7 Å². The molecule has 0 bridgehead atoms. The molecule has 0 amide bonds. The van der Waals surface area contributed by atoms with Gasteiger partial charge in [0, 0.05) is 24.7 Å². The van der Waals surface area contributed by atoms with Crippen molar-refractivity contribution in [3.63, 3.8) is 0 Å². The van der Waals surface area contributed by atoms with E-state index in [1.807, 2.05) is 0 Å². The summed E-state index contributed by atoms with van der Waals surface area (Å²) in [4.78, 5) is 18.6. The van der Waals surface area contributed by atoms with Crippen molar-refractivity contribution >= 4 is 5.97 Å². The highest BCUT2D eigenvalue weighted by Crippen LogP contribution is 2.32. The van der Waals surface area contributed by atoms with Crippen LogP contribution in [0.5, 0.6) is 0 Å². The predicted octanol–water partition coefficient (Wildman–Crippen LogP) is 2.43. The van der Waals surface area contributed by atoms with E-state index in [0.29, 0.717) is 12.0 Å². The van der Waals surface area contributed by atoms with Crippen LogP contribution in [0.3, 0.4) is 0 Å². The first kappa shape index (κ1) is 14.6. The third-order valence-corrected chi connectivity index (χ3v) is 5.01. The van der Waals surface area contributed by atoms with Gasteiger partial charge in [0.25, 0.3) is 0 Å². The van der Waals surface area contributed by atoms with Gasteiger partial charge >= 0.3 is 5.97 Å². The maximum Gasteiger partial charge on any atom is 0.314 e. The number of fused-ring (bicyclic) bond motifs is 1. The first-order valence-electron chi connectivity index (χ1n) is 8.10. The number of carbonyl (C=O) groups is 1. The summed E-state index contributed by atoms with van der Waals surface area (Å²) in [6.07, 6.45) is 6.03. The Labute approximate surface area is 126 Å². The number of rotatable bonds is 3. The van der Waals surface area contributed by atoms with Gasteiger partial charge in [-0.25, -0.2) is 4.98 Å². The molecule has 3 rings (SSSR count). The number of nitrogens with zero attached hydrogens (tertiary/aromatic N) is 3. The topological polar surface area (TPSA) is 58.4 Å². The molecule has 2 aliphatic rings. The number of carboxylic acid groups (broad SMARTS) is 1. The van der Waals surface area contributed by atoms with Gasteiger partial charge < -0.3 is 14.6 Å². The van der Waals surface area contributed by atoms with Crippen LogP contribution in [-0.4, -0.2) is 44.7 Å². The van der Waals surface area contributed by atoms with Crippen molar-refractivity contribution in [2.75, 3.05) is 13.1 Å². The van der Waals surface area contributed by atoms with Crippen molar-refractivity contribution in [2.45, 2.75) is 64.0 Å². The van der Waals surface area contributed by atoms with Crippen LogP contribution in [-0.2, 0) is 11.3 Å². The fourth-order valence-corrected chi connectivity index (χ4v) is 3.65. The molecular formula is C16H25N3O2. The summed E-state index contributed by atoms with van der Waals surface area (Å²) in [5.41, 5.74) is 1.11. The smallest absolute Gasteiger partial charge is 0.314 e. The monoisotopic (exact) mass is 291 g/mol. The summed E-state index contributed by atoms with van der Waals surface area (Å²) in [5, 5.41) is 9.34. The number of piperidine rings is 1. The molecule has 3 heterocycles. The van der Waals surface area contributed by atoms with Gasteiger partial charge in [-0.05, 0) is 52.6 Å². The lowest BCUT2D eigenvalue weighted by molar-refractivity contribution is -0.139. The molecule has 0 radical (unpaired) electrons. The molecule has 1 saturated heterocycles. The zero-order valence-corrected chi connectivity index (χ0v) is 13.0. The Morgan fingerprint density at radius 1 is 1.29 bits per heavy atom. The molecule has 21 heavy (non-hydrogen) atoms. The highest BCUT2D eigenvalue weighted by Gasteiger charge is 2.31. The summed E-state index contributed by atoms with van der Waals surface area (Å²) >= 11 is 0. The van der Waals surface area contributed by atoms with Gasteiger partial charge in [-0.1, -0.05) is 0 Å². The molecule has 1 unspecified atom stereocenters. The van der Waals surface area contributed by atoms with Crippen LogP contribution in [0.1, 0.15) is 62.9 Å². The number of carboxylic acids is 1. The molecule has 1 fully saturated rings. The summed E-state index contributed by atoms with van der Waals surface area (Å²) in [6.45, 7) is 7.64. The van der Waals surface area contributed by atoms with Gasteiger partial charge in [0.05, 0.1) is 5.69 Å². The summed E-state index contributed by atoms with van der Waals surface area (Å²) in [6, 6.07) is 0.609. The van der Waals surface area contributed by atoms with E-state index in [4.69, 9.17) is 4.98 Å². The number of hydrogen-bond donors (Lipinski definition) is 1. The maximum atomic E-state index is 11.4. The summed E-state index contributed by atoms with van der Waals surface area (Å²) in [5.74, 6) is 0.119. The lowest BCUT2D eigenvalue weighted by Gasteiger charge is -2.33. The fourth-order valence-electron chi connectivity index (χ4n) is 3.65. The first-order valence-corrected chi connectivity index (χ1v) is 8.10. The summed E-state index contributed by atoms with van der Waals surface area (Å²) < 4.78 is 2.08. The van der Waals surface area contributed by atoms with Crippen molar-refractivity contribution in [3.05, 3.63) is 17.7 Å². The number of likely N-dealkylation sites (tertiary alicyclic amines) is 1. The molecule has 0 aromatic carbocycles. The Morgan fingerprint density at radius 2 is 2.00 bits per heavy atom. The minimum absolute atomic E-state index is 0.414. The molecule has 1 N–H and O–H groups in total. The van der Waals surface area contributed by atoms with Gasteiger partial charge in [0.15, 0.2) is 0 Å². The van der Waals surface area contributed by atoms with Crippen molar-refractivity contribution in [2.24, 2.45) is 0 Å². The van der Waals surface area contributed by atoms with E-state index in [1.165, 1.54) is 0 Å². The highest BCUT2D eigenvalue weighted by molar-refractivity contribution is 5.75. The Hall–Kier alpha value is -1.36. The number of aryl methyl sites for hydroxylation is 1. The van der Waals surface area contributed by atoms with Crippen LogP contribution in [0.25, 0.3) is 0 Å². The molecule has 1 atom stereocenters. The standard InChI is InChI=1S/C16H25N3O2/c1-11(2)18-8-5-12(6-9-18)14-10-19-7-3-4-13(16(20)21)15(19)17-14/h10-13H,3-9H2,1-2H3,(H,20,21). The van der Waals surface area contributed by atoms with E-state index in [1.54, 1.807) is 0 Å². The fraction of sp³-hybridized carbons (Fsp3) is 0.750. The predicted molar refractivity (Wildman–Crippen MR) is 80.5 cm³/mol. The molecule has 5 heteroatoms. The van der Waals surface area contributed by atoms with Crippen LogP contribution >= 0.6 is 0 Å². The quantitative estimate of drug-likeness (QED) is 0.929. The van der Waals surface area contributed by atoms with Crippen molar-refractivity contribution in [1.29, 1.82) is 0 Å². The van der Waals surface area contributed by atoms with Crippen LogP contribution in [0.15, 0.2) is 6.20 Å². The lowest BCUT2D eigenvalue weighted by atomic mass is 9.93. The zero-order valence-electron chi connectivity index (χ0n) is 13.0. The van der Waals surface area contributed by atoms with Crippen LogP contribution in [0, 0.1) is 0 Å². The minimum Gasteiger partial charge on any atom is -0.481 e. The molecule has 1 aromatic heterocycles. The third-order valence-electron chi connectivity index (χ3n) is 5.01.